The number of phenolic OH excluding ortho intramolecular Hbond substituents is 1. The summed E-state index contributed by atoms with van der Waals surface area (Å²) in [4.78, 5) is 25.4. The second kappa shape index (κ2) is 8.36. The summed E-state index contributed by atoms with van der Waals surface area (Å²) in [5.74, 6) is 0.172. The summed E-state index contributed by atoms with van der Waals surface area (Å²) in [6, 6.07) is 22.6. The summed E-state index contributed by atoms with van der Waals surface area (Å²) in [5.41, 5.74) is 1.69. The van der Waals surface area contributed by atoms with Crippen molar-refractivity contribution >= 4 is 29.1 Å². The molecule has 0 heterocycles. The largest absolute Gasteiger partial charge is 0.508 e. The lowest BCUT2D eigenvalue weighted by molar-refractivity contribution is 0.101. The molecular weight excluding hydrogens is 346 g/mol. The first-order chi connectivity index (χ1) is 12.6. The number of Topliss-reactive ketones (excluding diaryl/α,β-unsaturated/α-hetero) is 1. The maximum atomic E-state index is 12.4. The third-order valence-corrected chi connectivity index (χ3v) is 4.66. The standard InChI is InChI=1S/C21H17NO3S/c23-18-10-5-9-17(13-18)22-21(25)16-8-4-11-19(12-16)26-14-20(24)15-6-2-1-3-7-15/h1-13,23H,14H2,(H,22,25). The van der Waals surface area contributed by atoms with E-state index in [-0.39, 0.29) is 17.4 Å². The van der Waals surface area contributed by atoms with Crippen LogP contribution in [0.3, 0.4) is 0 Å². The van der Waals surface area contributed by atoms with Gasteiger partial charge in [0.05, 0.1) is 5.75 Å². The number of anilines is 1. The van der Waals surface area contributed by atoms with Crippen LogP contribution < -0.4 is 5.32 Å². The van der Waals surface area contributed by atoms with Gasteiger partial charge >= 0.3 is 0 Å². The molecule has 3 aromatic carbocycles. The average molecular weight is 363 g/mol. The van der Waals surface area contributed by atoms with Crippen molar-refractivity contribution in [2.45, 2.75) is 4.90 Å². The van der Waals surface area contributed by atoms with Crippen molar-refractivity contribution in [2.75, 3.05) is 11.1 Å². The minimum Gasteiger partial charge on any atom is -0.508 e. The van der Waals surface area contributed by atoms with Gasteiger partial charge in [-0.2, -0.15) is 0 Å². The van der Waals surface area contributed by atoms with Crippen LogP contribution in [0.1, 0.15) is 20.7 Å². The summed E-state index contributed by atoms with van der Waals surface area (Å²) >= 11 is 1.39. The zero-order valence-corrected chi connectivity index (χ0v) is 14.7. The normalized spacial score (nSPS) is 10.3. The molecule has 0 aromatic heterocycles. The molecule has 0 unspecified atom stereocenters. The monoisotopic (exact) mass is 363 g/mol. The number of hydrogen-bond donors (Lipinski definition) is 2. The topological polar surface area (TPSA) is 66.4 Å². The van der Waals surface area contributed by atoms with Crippen molar-refractivity contribution in [3.05, 3.63) is 90.0 Å². The molecule has 0 aliphatic heterocycles. The highest BCUT2D eigenvalue weighted by Crippen LogP contribution is 2.22. The van der Waals surface area contributed by atoms with E-state index in [9.17, 15) is 14.7 Å². The number of benzene rings is 3. The van der Waals surface area contributed by atoms with Crippen molar-refractivity contribution in [3.8, 4) is 5.75 Å². The Bertz CT molecular complexity index is 925. The van der Waals surface area contributed by atoms with Crippen LogP contribution >= 0.6 is 11.8 Å². The van der Waals surface area contributed by atoms with Crippen LogP contribution in [0.25, 0.3) is 0 Å². The van der Waals surface area contributed by atoms with Crippen LogP contribution in [-0.2, 0) is 0 Å². The minimum atomic E-state index is -0.271. The highest BCUT2D eigenvalue weighted by atomic mass is 32.2. The van der Waals surface area contributed by atoms with E-state index in [0.717, 1.165) is 4.90 Å². The van der Waals surface area contributed by atoms with Gasteiger partial charge in [-0.1, -0.05) is 42.5 Å². The Labute approximate surface area is 155 Å². The maximum Gasteiger partial charge on any atom is 0.255 e. The van der Waals surface area contributed by atoms with Crippen LogP contribution in [0.4, 0.5) is 5.69 Å². The van der Waals surface area contributed by atoms with Crippen molar-refractivity contribution < 1.29 is 14.7 Å². The Morgan fingerprint density at radius 1 is 0.846 bits per heavy atom. The molecular formula is C21H17NO3S. The van der Waals surface area contributed by atoms with Gasteiger partial charge in [-0.15, -0.1) is 11.8 Å². The molecule has 0 aliphatic carbocycles. The highest BCUT2D eigenvalue weighted by Gasteiger charge is 2.10. The molecule has 0 fully saturated rings. The fraction of sp³-hybridized carbons (Fsp3) is 0.0476. The second-order valence-electron chi connectivity index (χ2n) is 5.61. The number of thioether (sulfide) groups is 1. The van der Waals surface area contributed by atoms with Gasteiger partial charge < -0.3 is 10.4 Å². The Hall–Kier alpha value is -3.05. The third kappa shape index (κ3) is 4.74. The summed E-state index contributed by atoms with van der Waals surface area (Å²) in [6.07, 6.45) is 0. The molecule has 3 aromatic rings. The summed E-state index contributed by atoms with van der Waals surface area (Å²) < 4.78 is 0. The number of carbonyl (C=O) groups excluding carboxylic acids is 2. The summed E-state index contributed by atoms with van der Waals surface area (Å²) in [6.45, 7) is 0. The number of phenols is 1. The molecule has 5 heteroatoms. The summed E-state index contributed by atoms with van der Waals surface area (Å²) in [7, 11) is 0. The molecule has 26 heavy (non-hydrogen) atoms. The molecule has 1 amide bonds. The molecule has 3 rings (SSSR count). The second-order valence-corrected chi connectivity index (χ2v) is 6.66. The molecule has 0 radical (unpaired) electrons. The zero-order chi connectivity index (χ0) is 18.4. The average Bonchev–Trinajstić information content (AvgIpc) is 2.67. The van der Waals surface area contributed by atoms with Gasteiger partial charge in [0, 0.05) is 27.8 Å². The van der Waals surface area contributed by atoms with Crippen LogP contribution in [-0.4, -0.2) is 22.5 Å². The van der Waals surface area contributed by atoms with Gasteiger partial charge in [0.15, 0.2) is 5.78 Å². The van der Waals surface area contributed by atoms with Gasteiger partial charge in [0.1, 0.15) is 5.75 Å². The molecule has 4 nitrogen and oxygen atoms in total. The molecule has 2 N–H and O–H groups in total. The molecule has 0 saturated carbocycles. The van der Waals surface area contributed by atoms with Crippen LogP contribution in [0.15, 0.2) is 83.8 Å². The van der Waals surface area contributed by atoms with Gasteiger partial charge in [0.2, 0.25) is 0 Å². The first-order valence-electron chi connectivity index (χ1n) is 8.03. The number of ketones is 1. The quantitative estimate of drug-likeness (QED) is 0.495. The highest BCUT2D eigenvalue weighted by molar-refractivity contribution is 8.00. The van der Waals surface area contributed by atoms with E-state index in [4.69, 9.17) is 0 Å². The first kappa shape index (κ1) is 17.8. The third-order valence-electron chi connectivity index (χ3n) is 3.67. The van der Waals surface area contributed by atoms with E-state index < -0.39 is 0 Å². The van der Waals surface area contributed by atoms with Crippen LogP contribution in [0, 0.1) is 0 Å². The lowest BCUT2D eigenvalue weighted by Gasteiger charge is -2.07. The fourth-order valence-corrected chi connectivity index (χ4v) is 3.22. The maximum absolute atomic E-state index is 12.4. The van der Waals surface area contributed by atoms with Gasteiger partial charge in [0.25, 0.3) is 5.91 Å². The SMILES string of the molecule is O=C(CSc1cccc(C(=O)Nc2cccc(O)c2)c1)c1ccccc1. The van der Waals surface area contributed by atoms with E-state index >= 15 is 0 Å². The van der Waals surface area contributed by atoms with Gasteiger partial charge in [-0.05, 0) is 30.3 Å². The molecule has 0 atom stereocenters. The Balaban J connectivity index is 1.64. The van der Waals surface area contributed by atoms with Crippen LogP contribution in [0.2, 0.25) is 0 Å². The molecule has 130 valence electrons. The Morgan fingerprint density at radius 2 is 1.58 bits per heavy atom. The van der Waals surface area contributed by atoms with E-state index in [1.165, 1.54) is 23.9 Å². The number of carbonyl (C=O) groups is 2. The lowest BCUT2D eigenvalue weighted by Crippen LogP contribution is -2.11. The van der Waals surface area contributed by atoms with Crippen molar-refractivity contribution in [1.82, 2.24) is 0 Å². The lowest BCUT2D eigenvalue weighted by atomic mass is 10.2. The fourth-order valence-electron chi connectivity index (χ4n) is 2.37. The van der Waals surface area contributed by atoms with Gasteiger partial charge in [-0.25, -0.2) is 0 Å². The number of nitrogens with one attached hydrogen (secondary N) is 1. The smallest absolute Gasteiger partial charge is 0.255 e. The van der Waals surface area contributed by atoms with Crippen molar-refractivity contribution in [2.24, 2.45) is 0 Å². The molecule has 0 saturated heterocycles. The zero-order valence-electron chi connectivity index (χ0n) is 13.9. The van der Waals surface area contributed by atoms with E-state index in [1.54, 1.807) is 42.5 Å². The van der Waals surface area contributed by atoms with Crippen molar-refractivity contribution in [1.29, 1.82) is 0 Å². The number of hydrogen-bond acceptors (Lipinski definition) is 4. The van der Waals surface area contributed by atoms with E-state index in [1.807, 2.05) is 24.3 Å². The summed E-state index contributed by atoms with van der Waals surface area (Å²) in [5, 5.41) is 12.2. The number of rotatable bonds is 6. The van der Waals surface area contributed by atoms with Crippen molar-refractivity contribution in [3.63, 3.8) is 0 Å². The van der Waals surface area contributed by atoms with E-state index in [0.29, 0.717) is 22.6 Å². The number of aromatic hydroxyl groups is 1. The number of amides is 1. The Kier molecular flexibility index (Phi) is 5.71. The first-order valence-corrected chi connectivity index (χ1v) is 9.02. The molecule has 0 bridgehead atoms. The van der Waals surface area contributed by atoms with Gasteiger partial charge in [-0.3, -0.25) is 9.59 Å². The Morgan fingerprint density at radius 3 is 2.35 bits per heavy atom. The predicted molar refractivity (Wildman–Crippen MR) is 104 cm³/mol. The van der Waals surface area contributed by atoms with E-state index in [2.05, 4.69) is 5.32 Å². The van der Waals surface area contributed by atoms with Crippen LogP contribution in [0.5, 0.6) is 5.75 Å². The minimum absolute atomic E-state index is 0.0465. The molecule has 0 spiro atoms. The predicted octanol–water partition coefficient (Wildman–Crippen LogP) is 4.62. The molecule has 0 aliphatic rings.